The second kappa shape index (κ2) is 6.14. The van der Waals surface area contributed by atoms with Crippen LogP contribution >= 0.6 is 0 Å². The van der Waals surface area contributed by atoms with Crippen molar-refractivity contribution < 1.29 is 18.3 Å². The average molecular weight is 375 g/mol. The van der Waals surface area contributed by atoms with E-state index in [4.69, 9.17) is 0 Å². The molecular formula is C18H21N3O4S. The topological polar surface area (TPSA) is 89.9 Å². The molecule has 0 spiro atoms. The Bertz CT molecular complexity index is 989. The van der Waals surface area contributed by atoms with Crippen molar-refractivity contribution in [2.45, 2.75) is 25.8 Å². The summed E-state index contributed by atoms with van der Waals surface area (Å²) >= 11 is 0. The Morgan fingerprint density at radius 2 is 1.96 bits per heavy atom. The number of phenols is 1. The number of amides is 1. The van der Waals surface area contributed by atoms with Crippen LogP contribution in [0.5, 0.6) is 5.75 Å². The van der Waals surface area contributed by atoms with E-state index < -0.39 is 10.2 Å². The van der Waals surface area contributed by atoms with Crippen molar-refractivity contribution in [1.82, 2.24) is 9.62 Å². The number of likely N-dealkylation sites (tertiary alicyclic amines) is 1. The third-order valence-electron chi connectivity index (χ3n) is 5.18. The lowest BCUT2D eigenvalue weighted by Crippen LogP contribution is -2.29. The molecule has 0 bridgehead atoms. The molecule has 8 heteroatoms. The minimum absolute atomic E-state index is 0.0381. The molecule has 26 heavy (non-hydrogen) atoms. The molecule has 0 aliphatic carbocycles. The Kier molecular flexibility index (Phi) is 4.04. The van der Waals surface area contributed by atoms with E-state index in [0.717, 1.165) is 29.3 Å². The third-order valence-corrected chi connectivity index (χ3v) is 6.70. The number of anilines is 1. The molecule has 1 unspecified atom stereocenters. The fourth-order valence-electron chi connectivity index (χ4n) is 3.73. The Labute approximate surface area is 152 Å². The van der Waals surface area contributed by atoms with Crippen LogP contribution in [-0.2, 0) is 15.0 Å². The molecule has 4 rings (SSSR count). The first kappa shape index (κ1) is 17.1. The molecule has 2 N–H and O–H groups in total. The van der Waals surface area contributed by atoms with Gasteiger partial charge in [0.15, 0.2) is 0 Å². The van der Waals surface area contributed by atoms with E-state index in [1.165, 1.54) is 4.31 Å². The summed E-state index contributed by atoms with van der Waals surface area (Å²) < 4.78 is 27.8. The maximum absolute atomic E-state index is 12.1. The van der Waals surface area contributed by atoms with Gasteiger partial charge in [0, 0.05) is 26.1 Å². The van der Waals surface area contributed by atoms with Crippen molar-refractivity contribution in [3.05, 3.63) is 35.9 Å². The number of hydrogen-bond donors (Lipinski definition) is 2. The van der Waals surface area contributed by atoms with Crippen LogP contribution in [0.3, 0.4) is 0 Å². The minimum atomic E-state index is -3.61. The van der Waals surface area contributed by atoms with Gasteiger partial charge in [-0.05, 0) is 47.9 Å². The molecule has 1 atom stereocenters. The quantitative estimate of drug-likeness (QED) is 0.857. The number of carbonyl (C=O) groups is 1. The van der Waals surface area contributed by atoms with Crippen molar-refractivity contribution >= 4 is 32.6 Å². The van der Waals surface area contributed by atoms with Crippen LogP contribution in [0.4, 0.5) is 5.69 Å². The Balaban J connectivity index is 1.75. The summed E-state index contributed by atoms with van der Waals surface area (Å²) in [6.45, 7) is 3.35. The van der Waals surface area contributed by atoms with E-state index in [0.29, 0.717) is 13.0 Å². The van der Waals surface area contributed by atoms with Gasteiger partial charge in [0.1, 0.15) is 5.75 Å². The molecule has 7 nitrogen and oxygen atoms in total. The van der Waals surface area contributed by atoms with Crippen LogP contribution in [0.25, 0.3) is 10.8 Å². The lowest BCUT2D eigenvalue weighted by molar-refractivity contribution is -0.129. The highest BCUT2D eigenvalue weighted by atomic mass is 32.2. The molecule has 0 saturated carbocycles. The maximum atomic E-state index is 12.1. The summed E-state index contributed by atoms with van der Waals surface area (Å²) in [6.07, 6.45) is 1.48. The number of carbonyl (C=O) groups excluding carboxylic acids is 1. The largest absolute Gasteiger partial charge is 0.506 e. The number of hydrogen-bond acceptors (Lipinski definition) is 4. The zero-order valence-corrected chi connectivity index (χ0v) is 15.3. The molecule has 2 aliphatic rings. The predicted octanol–water partition coefficient (Wildman–Crippen LogP) is 1.88. The van der Waals surface area contributed by atoms with Gasteiger partial charge in [0.2, 0.25) is 5.91 Å². The lowest BCUT2D eigenvalue weighted by Gasteiger charge is -2.25. The van der Waals surface area contributed by atoms with Crippen LogP contribution < -0.4 is 9.03 Å². The second-order valence-electron chi connectivity index (χ2n) is 6.79. The summed E-state index contributed by atoms with van der Waals surface area (Å²) in [4.78, 5) is 13.9. The number of rotatable bonds is 3. The minimum Gasteiger partial charge on any atom is -0.506 e. The van der Waals surface area contributed by atoms with Crippen molar-refractivity contribution in [2.75, 3.05) is 23.9 Å². The maximum Gasteiger partial charge on any atom is 0.301 e. The van der Waals surface area contributed by atoms with Gasteiger partial charge in [-0.25, -0.2) is 0 Å². The van der Waals surface area contributed by atoms with Gasteiger partial charge < -0.3 is 10.0 Å². The fourth-order valence-corrected chi connectivity index (χ4v) is 4.98. The number of fused-ring (bicyclic) bond motifs is 1. The summed E-state index contributed by atoms with van der Waals surface area (Å²) in [5.41, 5.74) is 1.26. The first-order valence-corrected chi connectivity index (χ1v) is 10.1. The molecule has 2 saturated heterocycles. The molecular weight excluding hydrogens is 354 g/mol. The molecule has 1 amide bonds. The molecule has 2 aromatic carbocycles. The van der Waals surface area contributed by atoms with Gasteiger partial charge in [0.05, 0.1) is 11.7 Å². The van der Waals surface area contributed by atoms with Crippen LogP contribution in [-0.4, -0.2) is 44.0 Å². The van der Waals surface area contributed by atoms with Crippen molar-refractivity contribution in [1.29, 1.82) is 0 Å². The molecule has 0 radical (unpaired) electrons. The lowest BCUT2D eigenvalue weighted by atomic mass is 10.0. The van der Waals surface area contributed by atoms with E-state index in [9.17, 15) is 18.3 Å². The van der Waals surface area contributed by atoms with Gasteiger partial charge in [0.25, 0.3) is 0 Å². The van der Waals surface area contributed by atoms with Gasteiger partial charge in [-0.15, -0.1) is 0 Å². The van der Waals surface area contributed by atoms with E-state index in [-0.39, 0.29) is 29.9 Å². The Morgan fingerprint density at radius 3 is 2.62 bits per heavy atom. The summed E-state index contributed by atoms with van der Waals surface area (Å²) in [5.74, 6) is 0.0959. The highest BCUT2D eigenvalue weighted by Crippen LogP contribution is 2.36. The van der Waals surface area contributed by atoms with Crippen LogP contribution in [0, 0.1) is 0 Å². The van der Waals surface area contributed by atoms with Crippen LogP contribution in [0.2, 0.25) is 0 Å². The zero-order chi connectivity index (χ0) is 18.5. The van der Waals surface area contributed by atoms with Gasteiger partial charge in [-0.2, -0.15) is 13.1 Å². The van der Waals surface area contributed by atoms with Crippen molar-refractivity contribution in [3.63, 3.8) is 0 Å². The zero-order valence-electron chi connectivity index (χ0n) is 14.5. The predicted molar refractivity (Wildman–Crippen MR) is 99.2 cm³/mol. The number of nitrogens with zero attached hydrogens (tertiary/aromatic N) is 2. The SMILES string of the molecule is CC(c1ccc2cc(O)c(N3CCNS3(=O)=O)cc2c1)N1CCCC1=O. The van der Waals surface area contributed by atoms with Crippen molar-refractivity contribution in [2.24, 2.45) is 0 Å². The van der Waals surface area contributed by atoms with E-state index >= 15 is 0 Å². The van der Waals surface area contributed by atoms with Gasteiger partial charge >= 0.3 is 10.2 Å². The second-order valence-corrected chi connectivity index (χ2v) is 8.47. The standard InChI is InChI=1S/C18H21N3O4S/c1-12(20-7-2-3-18(20)23)13-4-5-14-11-17(22)16(10-15(14)9-13)21-8-6-19-26(21,24)25/h4-5,9-12,19,22H,2-3,6-8H2,1H3. The molecule has 2 heterocycles. The summed E-state index contributed by atoms with van der Waals surface area (Å²) in [6, 6.07) is 9.03. The van der Waals surface area contributed by atoms with E-state index in [1.807, 2.05) is 30.0 Å². The Morgan fingerprint density at radius 1 is 1.15 bits per heavy atom. The average Bonchev–Trinajstić information content (AvgIpc) is 3.18. The monoisotopic (exact) mass is 375 g/mol. The summed E-state index contributed by atoms with van der Waals surface area (Å²) in [5, 5.41) is 11.9. The van der Waals surface area contributed by atoms with Crippen LogP contribution in [0.15, 0.2) is 30.3 Å². The van der Waals surface area contributed by atoms with Crippen LogP contribution in [0.1, 0.15) is 31.4 Å². The van der Waals surface area contributed by atoms with Crippen molar-refractivity contribution in [3.8, 4) is 5.75 Å². The first-order valence-electron chi connectivity index (χ1n) is 8.70. The number of phenolic OH excluding ortho intramolecular Hbond substituents is 1. The first-order chi connectivity index (χ1) is 12.4. The fraction of sp³-hybridized carbons (Fsp3) is 0.389. The third kappa shape index (κ3) is 2.79. The smallest absolute Gasteiger partial charge is 0.301 e. The van der Waals surface area contributed by atoms with E-state index in [2.05, 4.69) is 4.72 Å². The molecule has 2 fully saturated rings. The molecule has 2 aliphatic heterocycles. The molecule has 0 aromatic heterocycles. The Hall–Kier alpha value is -2.32. The normalized spacial score (nSPS) is 20.9. The number of nitrogens with one attached hydrogen (secondary N) is 1. The number of aromatic hydroxyl groups is 1. The highest BCUT2D eigenvalue weighted by molar-refractivity contribution is 7.91. The van der Waals surface area contributed by atoms with Gasteiger partial charge in [-0.3, -0.25) is 9.10 Å². The van der Waals surface area contributed by atoms with E-state index in [1.54, 1.807) is 12.1 Å². The molecule has 138 valence electrons. The van der Waals surface area contributed by atoms with Gasteiger partial charge in [-0.1, -0.05) is 12.1 Å². The number of benzene rings is 2. The summed E-state index contributed by atoms with van der Waals surface area (Å²) in [7, 11) is -3.61. The highest BCUT2D eigenvalue weighted by Gasteiger charge is 2.30. The molecule has 2 aromatic rings.